The zero-order valence-corrected chi connectivity index (χ0v) is 20.3. The SMILES string of the molecule is Cc1ccc(N2CCC3(CCCN3)C2)cc1C(=O)NC1(C2=c3cccc4c3=C(CC2)CC4)CC1. The Kier molecular flexibility index (Phi) is 4.55. The molecule has 1 unspecified atom stereocenters. The van der Waals surface area contributed by atoms with Crippen LogP contribution in [0.15, 0.2) is 36.4 Å². The predicted octanol–water partition coefficient (Wildman–Crippen LogP) is 3.33. The quantitative estimate of drug-likeness (QED) is 0.747. The van der Waals surface area contributed by atoms with E-state index in [0.29, 0.717) is 0 Å². The standard InChI is InChI=1S/C30H35N3O/c1-20-6-10-23(33-17-15-29(19-33)12-3-16-31-29)18-25(20)28(34)32-30(13-14-30)26-11-9-22-8-7-21-4-2-5-24(26)27(21)22/h2,4-6,10,18,31H,3,7-9,11-17,19H2,1H3,(H,32,34). The Balaban J connectivity index is 1.18. The third kappa shape index (κ3) is 3.18. The summed E-state index contributed by atoms with van der Waals surface area (Å²) in [7, 11) is 0. The first-order chi connectivity index (χ1) is 16.6. The normalized spacial score (nSPS) is 26.3. The van der Waals surface area contributed by atoms with Crippen molar-refractivity contribution in [2.45, 2.75) is 75.8 Å². The van der Waals surface area contributed by atoms with Gasteiger partial charge in [0.05, 0.1) is 5.54 Å². The third-order valence-corrected chi connectivity index (χ3v) is 9.40. The Morgan fingerprint density at radius 3 is 2.74 bits per heavy atom. The molecule has 2 aliphatic heterocycles. The fourth-order valence-electron chi connectivity index (χ4n) is 7.32. The molecule has 34 heavy (non-hydrogen) atoms. The maximum atomic E-state index is 13.7. The maximum absolute atomic E-state index is 13.7. The molecule has 3 fully saturated rings. The second-order valence-electron chi connectivity index (χ2n) is 11.4. The van der Waals surface area contributed by atoms with Crippen LogP contribution in [0.25, 0.3) is 11.1 Å². The molecular formula is C30H35N3O. The number of rotatable bonds is 4. The van der Waals surface area contributed by atoms with Gasteiger partial charge in [-0.05, 0) is 111 Å². The predicted molar refractivity (Wildman–Crippen MR) is 137 cm³/mol. The molecular weight excluding hydrogens is 418 g/mol. The number of amides is 1. The highest BCUT2D eigenvalue weighted by molar-refractivity contribution is 5.98. The lowest BCUT2D eigenvalue weighted by Crippen LogP contribution is -2.44. The van der Waals surface area contributed by atoms with Gasteiger partial charge in [0.25, 0.3) is 5.91 Å². The topological polar surface area (TPSA) is 44.4 Å². The second kappa shape index (κ2) is 7.45. The van der Waals surface area contributed by atoms with Crippen LogP contribution in [-0.2, 0) is 6.42 Å². The molecule has 4 heteroatoms. The first-order valence-electron chi connectivity index (χ1n) is 13.3. The van der Waals surface area contributed by atoms with Crippen LogP contribution in [0.5, 0.6) is 0 Å². The molecule has 1 saturated carbocycles. The van der Waals surface area contributed by atoms with Crippen LogP contribution in [0, 0.1) is 6.92 Å². The molecule has 1 spiro atoms. The highest BCUT2D eigenvalue weighted by atomic mass is 16.1. The van der Waals surface area contributed by atoms with Gasteiger partial charge in [0.1, 0.15) is 0 Å². The molecule has 2 aromatic carbocycles. The molecule has 1 amide bonds. The Labute approximate surface area is 202 Å². The van der Waals surface area contributed by atoms with Gasteiger partial charge < -0.3 is 15.5 Å². The molecule has 7 rings (SSSR count). The summed E-state index contributed by atoms with van der Waals surface area (Å²) in [5, 5.41) is 10.2. The van der Waals surface area contributed by atoms with Crippen LogP contribution >= 0.6 is 0 Å². The molecule has 176 valence electrons. The minimum absolute atomic E-state index is 0.0969. The van der Waals surface area contributed by atoms with Crippen LogP contribution in [-0.4, -0.2) is 36.6 Å². The molecule has 2 N–H and O–H groups in total. The summed E-state index contributed by atoms with van der Waals surface area (Å²) in [6.07, 6.45) is 10.5. The average Bonchev–Trinajstić information content (AvgIpc) is 3.20. The molecule has 4 nitrogen and oxygen atoms in total. The number of carbonyl (C=O) groups excluding carboxylic acids is 1. The molecule has 3 aliphatic carbocycles. The number of benzene rings is 2. The van der Waals surface area contributed by atoms with Crippen molar-refractivity contribution in [3.63, 3.8) is 0 Å². The number of hydrogen-bond acceptors (Lipinski definition) is 3. The van der Waals surface area contributed by atoms with Crippen molar-refractivity contribution in [2.75, 3.05) is 24.5 Å². The van der Waals surface area contributed by atoms with E-state index in [2.05, 4.69) is 58.9 Å². The summed E-state index contributed by atoms with van der Waals surface area (Å²) in [4.78, 5) is 16.1. The highest BCUT2D eigenvalue weighted by Gasteiger charge is 2.48. The fourth-order valence-corrected chi connectivity index (χ4v) is 7.32. The monoisotopic (exact) mass is 453 g/mol. The molecule has 0 radical (unpaired) electrons. The Bertz CT molecular complexity index is 1310. The fraction of sp³-hybridized carbons (Fsp3) is 0.500. The lowest BCUT2D eigenvalue weighted by Gasteiger charge is -2.27. The molecule has 0 aromatic heterocycles. The number of nitrogens with zero attached hydrogens (tertiary/aromatic N) is 1. The zero-order chi connectivity index (χ0) is 22.9. The summed E-state index contributed by atoms with van der Waals surface area (Å²) in [5.74, 6) is 0.0969. The Morgan fingerprint density at radius 1 is 1.03 bits per heavy atom. The summed E-state index contributed by atoms with van der Waals surface area (Å²) in [6.45, 7) is 5.33. The van der Waals surface area contributed by atoms with Gasteiger partial charge in [-0.3, -0.25) is 4.79 Å². The summed E-state index contributed by atoms with van der Waals surface area (Å²) >= 11 is 0. The van der Waals surface area contributed by atoms with Gasteiger partial charge in [-0.15, -0.1) is 0 Å². The molecule has 2 aromatic rings. The summed E-state index contributed by atoms with van der Waals surface area (Å²) in [5.41, 5.74) is 7.86. The van der Waals surface area contributed by atoms with E-state index >= 15 is 0 Å². The minimum atomic E-state index is -0.145. The largest absolute Gasteiger partial charge is 0.370 e. The highest BCUT2D eigenvalue weighted by Crippen LogP contribution is 2.46. The van der Waals surface area contributed by atoms with Crippen LogP contribution in [0.4, 0.5) is 5.69 Å². The van der Waals surface area contributed by atoms with Gasteiger partial charge in [-0.25, -0.2) is 0 Å². The lowest BCUT2D eigenvalue weighted by atomic mass is 9.88. The van der Waals surface area contributed by atoms with Crippen LogP contribution in [0.2, 0.25) is 0 Å². The third-order valence-electron chi connectivity index (χ3n) is 9.40. The van der Waals surface area contributed by atoms with Gasteiger partial charge in [0, 0.05) is 29.9 Å². The summed E-state index contributed by atoms with van der Waals surface area (Å²) in [6, 6.07) is 13.3. The summed E-state index contributed by atoms with van der Waals surface area (Å²) < 4.78 is 0. The molecule has 0 bridgehead atoms. The number of hydrogen-bond donors (Lipinski definition) is 2. The zero-order valence-electron chi connectivity index (χ0n) is 20.3. The van der Waals surface area contributed by atoms with E-state index in [9.17, 15) is 4.79 Å². The van der Waals surface area contributed by atoms with Crippen LogP contribution in [0.3, 0.4) is 0 Å². The minimum Gasteiger partial charge on any atom is -0.370 e. The molecule has 2 heterocycles. The van der Waals surface area contributed by atoms with E-state index in [0.717, 1.165) is 56.4 Å². The molecule has 2 saturated heterocycles. The molecule has 1 atom stereocenters. The first-order valence-corrected chi connectivity index (χ1v) is 13.3. The van der Waals surface area contributed by atoms with Crippen molar-refractivity contribution in [1.29, 1.82) is 0 Å². The van der Waals surface area contributed by atoms with Gasteiger partial charge in [-0.2, -0.15) is 0 Å². The Hall–Kier alpha value is -2.59. The van der Waals surface area contributed by atoms with Gasteiger partial charge >= 0.3 is 0 Å². The van der Waals surface area contributed by atoms with Crippen molar-refractivity contribution in [3.05, 3.63) is 63.5 Å². The van der Waals surface area contributed by atoms with Crippen molar-refractivity contribution >= 4 is 22.7 Å². The van der Waals surface area contributed by atoms with E-state index in [1.807, 2.05) is 0 Å². The van der Waals surface area contributed by atoms with E-state index in [-0.39, 0.29) is 17.0 Å². The number of anilines is 1. The Morgan fingerprint density at radius 2 is 1.91 bits per heavy atom. The number of carbonyl (C=O) groups is 1. The van der Waals surface area contributed by atoms with E-state index in [1.54, 1.807) is 5.57 Å². The van der Waals surface area contributed by atoms with Crippen LogP contribution in [0.1, 0.15) is 72.9 Å². The van der Waals surface area contributed by atoms with Crippen molar-refractivity contribution in [3.8, 4) is 0 Å². The lowest BCUT2D eigenvalue weighted by molar-refractivity contribution is 0.0940. The molecule has 5 aliphatic rings. The van der Waals surface area contributed by atoms with Crippen molar-refractivity contribution < 1.29 is 4.79 Å². The smallest absolute Gasteiger partial charge is 0.252 e. The van der Waals surface area contributed by atoms with Crippen LogP contribution < -0.4 is 26.0 Å². The van der Waals surface area contributed by atoms with E-state index < -0.39 is 0 Å². The van der Waals surface area contributed by atoms with Crippen molar-refractivity contribution in [2.24, 2.45) is 0 Å². The number of aryl methyl sites for hydroxylation is 2. The van der Waals surface area contributed by atoms with Gasteiger partial charge in [-0.1, -0.05) is 29.8 Å². The average molecular weight is 454 g/mol. The second-order valence-corrected chi connectivity index (χ2v) is 11.4. The first kappa shape index (κ1) is 20.8. The van der Waals surface area contributed by atoms with Crippen molar-refractivity contribution in [1.82, 2.24) is 10.6 Å². The van der Waals surface area contributed by atoms with Gasteiger partial charge in [0.2, 0.25) is 0 Å². The van der Waals surface area contributed by atoms with E-state index in [1.165, 1.54) is 59.4 Å². The van der Waals surface area contributed by atoms with E-state index in [4.69, 9.17) is 0 Å². The van der Waals surface area contributed by atoms with Gasteiger partial charge in [0.15, 0.2) is 0 Å². The maximum Gasteiger partial charge on any atom is 0.252 e. The number of nitrogens with one attached hydrogen (secondary N) is 2.